The quantitative estimate of drug-likeness (QED) is 0.830. The summed E-state index contributed by atoms with van der Waals surface area (Å²) >= 11 is 8.17. The Hall–Kier alpha value is -0.590. The lowest BCUT2D eigenvalue weighted by molar-refractivity contribution is 0.173. The molecular weight excluding hydrogens is 363 g/mol. The van der Waals surface area contributed by atoms with Crippen LogP contribution >= 0.6 is 34.2 Å². The molecule has 5 heteroatoms. The number of aliphatic hydroxyl groups is 1. The SMILES string of the molecule is CCn1ccnc1CC(O)c1cc(Cl)ccc1I. The third kappa shape index (κ3) is 3.05. The van der Waals surface area contributed by atoms with Crippen molar-refractivity contribution >= 4 is 34.2 Å². The van der Waals surface area contributed by atoms with Crippen molar-refractivity contribution in [3.05, 3.63) is 50.6 Å². The van der Waals surface area contributed by atoms with Gasteiger partial charge in [-0.2, -0.15) is 0 Å². The summed E-state index contributed by atoms with van der Waals surface area (Å²) in [4.78, 5) is 4.27. The van der Waals surface area contributed by atoms with Crippen LogP contribution < -0.4 is 0 Å². The lowest BCUT2D eigenvalue weighted by Gasteiger charge is -2.14. The first kappa shape index (κ1) is 13.8. The molecule has 1 atom stereocenters. The molecule has 0 radical (unpaired) electrons. The molecule has 3 nitrogen and oxygen atoms in total. The van der Waals surface area contributed by atoms with Crippen LogP contribution in [-0.4, -0.2) is 14.7 Å². The molecule has 2 rings (SSSR count). The summed E-state index contributed by atoms with van der Waals surface area (Å²) in [7, 11) is 0. The van der Waals surface area contributed by atoms with Crippen LogP contribution in [0.5, 0.6) is 0 Å². The van der Waals surface area contributed by atoms with Crippen LogP contribution in [0.1, 0.15) is 24.4 Å². The van der Waals surface area contributed by atoms with E-state index in [1.54, 1.807) is 6.20 Å². The zero-order chi connectivity index (χ0) is 13.1. The Balaban J connectivity index is 2.21. The van der Waals surface area contributed by atoms with Crippen molar-refractivity contribution in [3.63, 3.8) is 0 Å². The molecule has 18 heavy (non-hydrogen) atoms. The minimum atomic E-state index is -0.580. The number of rotatable bonds is 4. The van der Waals surface area contributed by atoms with E-state index in [0.717, 1.165) is 21.5 Å². The molecule has 0 fully saturated rings. The van der Waals surface area contributed by atoms with Crippen LogP contribution in [0.15, 0.2) is 30.6 Å². The maximum Gasteiger partial charge on any atom is 0.111 e. The summed E-state index contributed by atoms with van der Waals surface area (Å²) in [6.07, 6.45) is 3.60. The van der Waals surface area contributed by atoms with Crippen molar-refractivity contribution in [3.8, 4) is 0 Å². The molecule has 0 aliphatic carbocycles. The first-order chi connectivity index (χ1) is 8.61. The highest BCUT2D eigenvalue weighted by atomic mass is 127. The van der Waals surface area contributed by atoms with Gasteiger partial charge >= 0.3 is 0 Å². The second-order valence-corrected chi connectivity index (χ2v) is 5.61. The van der Waals surface area contributed by atoms with E-state index in [1.807, 2.05) is 29.0 Å². The van der Waals surface area contributed by atoms with Gasteiger partial charge in [0.1, 0.15) is 5.82 Å². The highest BCUT2D eigenvalue weighted by Crippen LogP contribution is 2.26. The Morgan fingerprint density at radius 3 is 3.00 bits per heavy atom. The number of aliphatic hydroxyl groups excluding tert-OH is 1. The van der Waals surface area contributed by atoms with E-state index in [1.165, 1.54) is 0 Å². The first-order valence-corrected chi connectivity index (χ1v) is 7.20. The van der Waals surface area contributed by atoms with Crippen molar-refractivity contribution in [1.82, 2.24) is 9.55 Å². The maximum atomic E-state index is 10.3. The molecule has 1 heterocycles. The molecule has 0 saturated heterocycles. The Kier molecular flexibility index (Phi) is 4.64. The van der Waals surface area contributed by atoms with E-state index in [2.05, 4.69) is 34.5 Å². The van der Waals surface area contributed by atoms with Gasteiger partial charge in [0.05, 0.1) is 6.10 Å². The smallest absolute Gasteiger partial charge is 0.111 e. The highest BCUT2D eigenvalue weighted by Gasteiger charge is 2.15. The molecule has 0 saturated carbocycles. The summed E-state index contributed by atoms with van der Waals surface area (Å²) < 4.78 is 3.04. The summed E-state index contributed by atoms with van der Waals surface area (Å²) in [5.74, 6) is 0.890. The number of aromatic nitrogens is 2. The molecule has 0 aliphatic rings. The maximum absolute atomic E-state index is 10.3. The molecule has 1 N–H and O–H groups in total. The number of hydrogen-bond acceptors (Lipinski definition) is 2. The molecule has 0 amide bonds. The minimum absolute atomic E-state index is 0.497. The second kappa shape index (κ2) is 6.04. The van der Waals surface area contributed by atoms with Crippen LogP contribution in [0.25, 0.3) is 0 Å². The number of imidazole rings is 1. The molecule has 2 aromatic rings. The monoisotopic (exact) mass is 376 g/mol. The largest absolute Gasteiger partial charge is 0.388 e. The topological polar surface area (TPSA) is 38.0 Å². The molecule has 0 bridgehead atoms. The van der Waals surface area contributed by atoms with Crippen molar-refractivity contribution < 1.29 is 5.11 Å². The Morgan fingerprint density at radius 1 is 1.50 bits per heavy atom. The number of benzene rings is 1. The lowest BCUT2D eigenvalue weighted by Crippen LogP contribution is -2.09. The molecular formula is C13H14ClIN2O. The number of hydrogen-bond donors (Lipinski definition) is 1. The van der Waals surface area contributed by atoms with E-state index < -0.39 is 6.10 Å². The number of aryl methyl sites for hydroxylation is 1. The third-order valence-corrected chi connectivity index (χ3v) is 4.05. The molecule has 0 aliphatic heterocycles. The minimum Gasteiger partial charge on any atom is -0.388 e. The van der Waals surface area contributed by atoms with Gasteiger partial charge in [-0.25, -0.2) is 4.98 Å². The van der Waals surface area contributed by atoms with Crippen LogP contribution in [-0.2, 0) is 13.0 Å². The zero-order valence-electron chi connectivity index (χ0n) is 9.98. The van der Waals surface area contributed by atoms with Crippen molar-refractivity contribution in [2.45, 2.75) is 26.0 Å². The van der Waals surface area contributed by atoms with Gasteiger partial charge in [-0.15, -0.1) is 0 Å². The normalized spacial score (nSPS) is 12.7. The van der Waals surface area contributed by atoms with E-state index in [4.69, 9.17) is 11.6 Å². The standard InChI is InChI=1S/C13H14ClIN2O/c1-2-17-6-5-16-13(17)8-12(18)10-7-9(14)3-4-11(10)15/h3-7,12,18H,2,8H2,1H3. The van der Waals surface area contributed by atoms with Crippen LogP contribution in [0.4, 0.5) is 0 Å². The fraction of sp³-hybridized carbons (Fsp3) is 0.308. The Labute approximate surface area is 125 Å². The average Bonchev–Trinajstić information content (AvgIpc) is 2.79. The molecule has 0 spiro atoms. The van der Waals surface area contributed by atoms with Crippen molar-refractivity contribution in [2.75, 3.05) is 0 Å². The fourth-order valence-corrected chi connectivity index (χ4v) is 2.75. The van der Waals surface area contributed by atoms with E-state index in [-0.39, 0.29) is 0 Å². The number of halogens is 2. The van der Waals surface area contributed by atoms with Gasteiger partial charge in [-0.05, 0) is 53.3 Å². The first-order valence-electron chi connectivity index (χ1n) is 5.74. The Morgan fingerprint density at radius 2 is 2.28 bits per heavy atom. The van der Waals surface area contributed by atoms with Gasteiger partial charge in [0, 0.05) is 34.0 Å². The van der Waals surface area contributed by atoms with E-state index in [0.29, 0.717) is 11.4 Å². The van der Waals surface area contributed by atoms with Gasteiger partial charge in [0.15, 0.2) is 0 Å². The van der Waals surface area contributed by atoms with Gasteiger partial charge in [-0.1, -0.05) is 11.6 Å². The van der Waals surface area contributed by atoms with Crippen LogP contribution in [0, 0.1) is 3.57 Å². The van der Waals surface area contributed by atoms with Crippen LogP contribution in [0.2, 0.25) is 5.02 Å². The van der Waals surface area contributed by atoms with Gasteiger partial charge in [-0.3, -0.25) is 0 Å². The van der Waals surface area contributed by atoms with Gasteiger partial charge < -0.3 is 9.67 Å². The van der Waals surface area contributed by atoms with Gasteiger partial charge in [0.2, 0.25) is 0 Å². The highest BCUT2D eigenvalue weighted by molar-refractivity contribution is 14.1. The van der Waals surface area contributed by atoms with Crippen molar-refractivity contribution in [1.29, 1.82) is 0 Å². The Bertz CT molecular complexity index is 542. The summed E-state index contributed by atoms with van der Waals surface area (Å²) in [6.45, 7) is 2.91. The molecule has 96 valence electrons. The van der Waals surface area contributed by atoms with Gasteiger partial charge in [0.25, 0.3) is 0 Å². The predicted octanol–water partition coefficient (Wildman–Crippen LogP) is 3.44. The average molecular weight is 377 g/mol. The number of nitrogens with zero attached hydrogens (tertiary/aromatic N) is 2. The summed E-state index contributed by atoms with van der Waals surface area (Å²) in [6, 6.07) is 5.55. The third-order valence-electron chi connectivity index (χ3n) is 2.84. The summed E-state index contributed by atoms with van der Waals surface area (Å²) in [5, 5.41) is 10.9. The van der Waals surface area contributed by atoms with Crippen LogP contribution in [0.3, 0.4) is 0 Å². The lowest BCUT2D eigenvalue weighted by atomic mass is 10.1. The zero-order valence-corrected chi connectivity index (χ0v) is 12.9. The summed E-state index contributed by atoms with van der Waals surface area (Å²) in [5.41, 5.74) is 0.855. The second-order valence-electron chi connectivity index (χ2n) is 4.02. The fourth-order valence-electron chi connectivity index (χ4n) is 1.87. The molecule has 1 aromatic heterocycles. The molecule has 1 aromatic carbocycles. The predicted molar refractivity (Wildman–Crippen MR) is 80.7 cm³/mol. The van der Waals surface area contributed by atoms with Crippen molar-refractivity contribution in [2.24, 2.45) is 0 Å². The van der Waals surface area contributed by atoms with E-state index in [9.17, 15) is 5.11 Å². The molecule has 1 unspecified atom stereocenters. The van der Waals surface area contributed by atoms with E-state index >= 15 is 0 Å².